The Kier molecular flexibility index (Phi) is 15.0. The molecule has 53 heavy (non-hydrogen) atoms. The number of aryl methyl sites for hydroxylation is 2. The van der Waals surface area contributed by atoms with Crippen molar-refractivity contribution in [2.75, 3.05) is 13.2 Å². The summed E-state index contributed by atoms with van der Waals surface area (Å²) in [5.41, 5.74) is 10.5. The number of nitrogens with one attached hydrogen (secondary N) is 2. The lowest BCUT2D eigenvalue weighted by Gasteiger charge is -2.35. The summed E-state index contributed by atoms with van der Waals surface area (Å²) in [5.74, 6) is -0.219. The van der Waals surface area contributed by atoms with Crippen LogP contribution in [0.2, 0.25) is 0 Å². The van der Waals surface area contributed by atoms with Gasteiger partial charge in [-0.25, -0.2) is 4.98 Å². The number of nitrogens with zero attached hydrogens (tertiary/aromatic N) is 2. The fraction of sp³-hybridized carbons (Fsp3) is 0.537. The number of nitrogens with two attached hydrogens (primary N) is 1. The smallest absolute Gasteiger partial charge is 0.246 e. The monoisotopic (exact) mass is 747 g/mol. The molecule has 12 heteroatoms. The molecule has 1 aliphatic rings. The van der Waals surface area contributed by atoms with Crippen molar-refractivity contribution in [1.82, 2.24) is 20.5 Å². The molecule has 0 spiro atoms. The summed E-state index contributed by atoms with van der Waals surface area (Å²) in [6, 6.07) is 13.9. The van der Waals surface area contributed by atoms with E-state index in [2.05, 4.69) is 21.7 Å². The van der Waals surface area contributed by atoms with Crippen molar-refractivity contribution in [3.8, 4) is 16.2 Å². The second-order valence-electron chi connectivity index (χ2n) is 15.5. The molecule has 0 bridgehead atoms. The van der Waals surface area contributed by atoms with E-state index in [0.717, 1.165) is 52.3 Å². The van der Waals surface area contributed by atoms with E-state index >= 15 is 0 Å². The van der Waals surface area contributed by atoms with E-state index < -0.39 is 23.6 Å². The van der Waals surface area contributed by atoms with E-state index in [1.807, 2.05) is 89.5 Å². The summed E-state index contributed by atoms with van der Waals surface area (Å²) in [6.45, 7) is 12.1. The van der Waals surface area contributed by atoms with Crippen LogP contribution in [0.25, 0.3) is 10.4 Å². The van der Waals surface area contributed by atoms with Crippen LogP contribution in [0.4, 0.5) is 0 Å². The number of aliphatic hydroxyl groups excluding tert-OH is 1. The highest BCUT2D eigenvalue weighted by molar-refractivity contribution is 7.13. The Hall–Kier alpha value is -4.29. The number of aromatic nitrogens is 1. The van der Waals surface area contributed by atoms with Crippen molar-refractivity contribution in [2.45, 2.75) is 117 Å². The van der Waals surface area contributed by atoms with Gasteiger partial charge in [0.25, 0.3) is 0 Å². The minimum Gasteiger partial charge on any atom is -0.493 e. The van der Waals surface area contributed by atoms with Gasteiger partial charge in [-0.3, -0.25) is 19.2 Å². The van der Waals surface area contributed by atoms with Crippen LogP contribution in [0, 0.1) is 18.3 Å². The number of aliphatic hydroxyl groups is 1. The third-order valence-corrected chi connectivity index (χ3v) is 10.7. The summed E-state index contributed by atoms with van der Waals surface area (Å²) in [4.78, 5) is 58.6. The van der Waals surface area contributed by atoms with Gasteiger partial charge in [-0.15, -0.1) is 11.3 Å². The maximum Gasteiger partial charge on any atom is 0.246 e. The summed E-state index contributed by atoms with van der Waals surface area (Å²) in [6.07, 6.45) is 3.85. The highest BCUT2D eigenvalue weighted by atomic mass is 32.1. The lowest BCUT2D eigenvalue weighted by atomic mass is 9.85. The molecule has 1 aromatic heterocycles. The number of thiazole rings is 1. The molecule has 5 N–H and O–H groups in total. The quantitative estimate of drug-likeness (QED) is 0.118. The SMILES string of the molecule is Cc1ncsc1-c1ccc([C@H](C)NC(=O)[C@@H]2C[C@@H](O)CN2C(=O)[C@@H](NC(=O)CCCCCc2cccc(OC[C@@H](C)CCC(N)=O)c2)C(C)(C)C)cc1. The molecule has 4 amide bonds. The van der Waals surface area contributed by atoms with Crippen LogP contribution < -0.4 is 21.1 Å². The number of carbonyl (C=O) groups is 4. The molecule has 11 nitrogen and oxygen atoms in total. The number of benzene rings is 2. The van der Waals surface area contributed by atoms with Crippen LogP contribution in [0.15, 0.2) is 54.0 Å². The lowest BCUT2D eigenvalue weighted by molar-refractivity contribution is -0.144. The van der Waals surface area contributed by atoms with Gasteiger partial charge in [-0.05, 0) is 79.7 Å². The molecule has 0 aliphatic carbocycles. The molecule has 2 aromatic carbocycles. The van der Waals surface area contributed by atoms with Crippen LogP contribution >= 0.6 is 11.3 Å². The molecular formula is C41H57N5O6S. The Morgan fingerprint density at radius 3 is 2.43 bits per heavy atom. The van der Waals surface area contributed by atoms with Crippen LogP contribution in [0.3, 0.4) is 0 Å². The van der Waals surface area contributed by atoms with Crippen LogP contribution in [-0.4, -0.2) is 70.0 Å². The number of unbranched alkanes of at least 4 members (excludes halogenated alkanes) is 2. The molecule has 5 atom stereocenters. The van der Waals surface area contributed by atoms with Gasteiger partial charge in [0.05, 0.1) is 34.8 Å². The summed E-state index contributed by atoms with van der Waals surface area (Å²) in [5, 5.41) is 16.6. The van der Waals surface area contributed by atoms with Gasteiger partial charge in [0.15, 0.2) is 0 Å². The first-order chi connectivity index (χ1) is 25.1. The first-order valence-corrected chi connectivity index (χ1v) is 19.6. The standard InChI is InChI=1S/C41H57N5O6S/c1-26(15-20-35(42)48)24-52-33-13-10-12-29(21-33)11-8-7-9-14-36(49)45-38(41(4,5)6)40(51)46-23-32(47)22-34(46)39(50)44-27(2)30-16-18-31(19-17-30)37-28(3)43-25-53-37/h10,12-13,16-19,21,25-27,32,34,38,47H,7-9,11,14-15,20,22-24H2,1-6H3,(H2,42,48)(H,44,50)(H,45,49)/t26-,27-,32+,34-,38+/m0/s1. The molecule has 2 heterocycles. The molecule has 1 saturated heterocycles. The molecule has 0 unspecified atom stereocenters. The van der Waals surface area contributed by atoms with Crippen molar-refractivity contribution in [1.29, 1.82) is 0 Å². The summed E-state index contributed by atoms with van der Waals surface area (Å²) in [7, 11) is 0. The van der Waals surface area contributed by atoms with Gasteiger partial charge in [-0.2, -0.15) is 0 Å². The number of ether oxygens (including phenoxy) is 1. The Labute approximate surface area is 318 Å². The zero-order valence-electron chi connectivity index (χ0n) is 32.0. The van der Waals surface area contributed by atoms with E-state index in [-0.39, 0.29) is 55.0 Å². The predicted octanol–water partition coefficient (Wildman–Crippen LogP) is 5.87. The summed E-state index contributed by atoms with van der Waals surface area (Å²) >= 11 is 1.58. The minimum atomic E-state index is -0.864. The normalized spacial score (nSPS) is 17.5. The van der Waals surface area contributed by atoms with Gasteiger partial charge < -0.3 is 31.1 Å². The van der Waals surface area contributed by atoms with Crippen molar-refractivity contribution in [2.24, 2.45) is 17.1 Å². The Morgan fingerprint density at radius 1 is 1.04 bits per heavy atom. The average molecular weight is 748 g/mol. The fourth-order valence-corrected chi connectivity index (χ4v) is 7.35. The predicted molar refractivity (Wildman–Crippen MR) is 208 cm³/mol. The molecule has 1 fully saturated rings. The Balaban J connectivity index is 1.26. The number of β-amino-alcohol motifs (C(OH)–C–C–N with tert-alkyl or cyclic N) is 1. The molecule has 0 saturated carbocycles. The molecule has 288 valence electrons. The number of likely N-dealkylation sites (tertiary alicyclic amines) is 1. The van der Waals surface area contributed by atoms with Gasteiger partial charge in [0.2, 0.25) is 23.6 Å². The minimum absolute atomic E-state index is 0.0250. The molecule has 0 radical (unpaired) electrons. The topological polar surface area (TPSA) is 164 Å². The fourth-order valence-electron chi connectivity index (χ4n) is 6.54. The Morgan fingerprint density at radius 2 is 1.77 bits per heavy atom. The first kappa shape index (κ1) is 41.5. The number of hydrogen-bond acceptors (Lipinski definition) is 8. The van der Waals surface area contributed by atoms with Crippen LogP contribution in [-0.2, 0) is 25.6 Å². The van der Waals surface area contributed by atoms with Gasteiger partial charge >= 0.3 is 0 Å². The number of primary amides is 1. The van der Waals surface area contributed by atoms with Crippen LogP contribution in [0.1, 0.15) is 102 Å². The lowest BCUT2D eigenvalue weighted by Crippen LogP contribution is -2.57. The second kappa shape index (κ2) is 19.2. The number of carbonyl (C=O) groups excluding carboxylic acids is 4. The van der Waals surface area contributed by atoms with E-state index in [0.29, 0.717) is 25.9 Å². The summed E-state index contributed by atoms with van der Waals surface area (Å²) < 4.78 is 5.92. The third-order valence-electron chi connectivity index (χ3n) is 9.75. The van der Waals surface area contributed by atoms with E-state index in [4.69, 9.17) is 10.5 Å². The maximum absolute atomic E-state index is 14.0. The van der Waals surface area contributed by atoms with E-state index in [1.54, 1.807) is 11.3 Å². The average Bonchev–Trinajstić information content (AvgIpc) is 3.73. The molecule has 4 rings (SSSR count). The van der Waals surface area contributed by atoms with Crippen molar-refractivity contribution >= 4 is 35.0 Å². The molecular weight excluding hydrogens is 691 g/mol. The van der Waals surface area contributed by atoms with E-state index in [9.17, 15) is 24.3 Å². The van der Waals surface area contributed by atoms with E-state index in [1.165, 1.54) is 4.90 Å². The highest BCUT2D eigenvalue weighted by Gasteiger charge is 2.44. The molecule has 1 aliphatic heterocycles. The maximum atomic E-state index is 14.0. The zero-order chi connectivity index (χ0) is 38.7. The molecule has 3 aromatic rings. The zero-order valence-corrected chi connectivity index (χ0v) is 32.8. The number of hydrogen-bond donors (Lipinski definition) is 4. The van der Waals surface area contributed by atoms with Crippen molar-refractivity contribution in [3.63, 3.8) is 0 Å². The second-order valence-corrected chi connectivity index (χ2v) is 16.4. The van der Waals surface area contributed by atoms with Crippen molar-refractivity contribution < 1.29 is 29.0 Å². The Bertz CT molecular complexity index is 1690. The third kappa shape index (κ3) is 12.4. The van der Waals surface area contributed by atoms with Crippen LogP contribution in [0.5, 0.6) is 5.75 Å². The van der Waals surface area contributed by atoms with Gasteiger partial charge in [0.1, 0.15) is 17.8 Å². The number of amides is 4. The van der Waals surface area contributed by atoms with Gasteiger partial charge in [-0.1, -0.05) is 70.5 Å². The highest BCUT2D eigenvalue weighted by Crippen LogP contribution is 2.30. The first-order valence-electron chi connectivity index (χ1n) is 18.7. The number of rotatable bonds is 18. The van der Waals surface area contributed by atoms with Crippen molar-refractivity contribution in [3.05, 3.63) is 70.9 Å². The van der Waals surface area contributed by atoms with Gasteiger partial charge in [0, 0.05) is 25.8 Å². The largest absolute Gasteiger partial charge is 0.493 e.